The molecule has 0 fully saturated rings. The Morgan fingerprint density at radius 2 is 0.529 bits per heavy atom. The SMILES string of the molecule is NC(=O)[O-].NC(=O)[O-].NC(=O)[O-].NC(=O)[O-].[Si+4]. The summed E-state index contributed by atoms with van der Waals surface area (Å²) >= 11 is 0. The van der Waals surface area contributed by atoms with Gasteiger partial charge < -0.3 is 62.5 Å². The quantitative estimate of drug-likeness (QED) is 0.305. The molecule has 0 radical (unpaired) electrons. The largest absolute Gasteiger partial charge is 4.00 e. The van der Waals surface area contributed by atoms with E-state index < -0.39 is 24.4 Å². The average Bonchev–Trinajstić information content (AvgIpc) is 1.76. The zero-order chi connectivity index (χ0) is 14.3. The number of nitrogens with two attached hydrogens (primary N) is 4. The van der Waals surface area contributed by atoms with Crippen LogP contribution in [0.15, 0.2) is 0 Å². The van der Waals surface area contributed by atoms with Gasteiger partial charge in [-0.2, -0.15) is 0 Å². The monoisotopic (exact) mass is 268 g/mol. The zero-order valence-corrected chi connectivity index (χ0v) is 9.08. The molecule has 17 heavy (non-hydrogen) atoms. The Morgan fingerprint density at radius 3 is 0.529 bits per heavy atom. The van der Waals surface area contributed by atoms with Gasteiger partial charge in [0.1, 0.15) is 24.4 Å². The van der Waals surface area contributed by atoms with Crippen LogP contribution >= 0.6 is 0 Å². The number of primary amides is 4. The van der Waals surface area contributed by atoms with Gasteiger partial charge in [0.25, 0.3) is 0 Å². The fourth-order valence-corrected chi connectivity index (χ4v) is 0. The third kappa shape index (κ3) is 232. The van der Waals surface area contributed by atoms with Crippen molar-refractivity contribution in [1.82, 2.24) is 0 Å². The Kier molecular flexibility index (Phi) is 40.0. The van der Waals surface area contributed by atoms with Crippen LogP contribution in [0.1, 0.15) is 0 Å². The van der Waals surface area contributed by atoms with Gasteiger partial charge in [0.15, 0.2) is 0 Å². The number of amides is 4. The number of carboxylic acid groups (broad SMARTS) is 4. The molecule has 0 heterocycles. The van der Waals surface area contributed by atoms with Gasteiger partial charge in [0.05, 0.1) is 0 Å². The van der Waals surface area contributed by atoms with Crippen molar-refractivity contribution in [3.05, 3.63) is 0 Å². The van der Waals surface area contributed by atoms with Crippen molar-refractivity contribution in [2.24, 2.45) is 22.9 Å². The van der Waals surface area contributed by atoms with Crippen molar-refractivity contribution in [3.63, 3.8) is 0 Å². The van der Waals surface area contributed by atoms with Crippen LogP contribution in [0.4, 0.5) is 19.2 Å². The van der Waals surface area contributed by atoms with Gasteiger partial charge in [-0.15, -0.1) is 0 Å². The smallest absolute Gasteiger partial charge is 0.530 e. The van der Waals surface area contributed by atoms with Crippen molar-refractivity contribution in [2.45, 2.75) is 0 Å². The summed E-state index contributed by atoms with van der Waals surface area (Å²) in [5.74, 6) is 0. The minimum absolute atomic E-state index is 0. The molecule has 0 aromatic rings. The van der Waals surface area contributed by atoms with E-state index in [4.69, 9.17) is 39.6 Å². The third-order valence-electron chi connectivity index (χ3n) is 0. The Bertz CT molecular complexity index is 170. The topological polar surface area (TPSA) is 265 Å². The van der Waals surface area contributed by atoms with Gasteiger partial charge in [-0.25, -0.2) is 0 Å². The summed E-state index contributed by atoms with van der Waals surface area (Å²) < 4.78 is 0. The molecule has 0 aliphatic heterocycles. The molecule has 0 saturated carbocycles. The van der Waals surface area contributed by atoms with Gasteiger partial charge in [0, 0.05) is 0 Å². The first kappa shape index (κ1) is 29.2. The fraction of sp³-hybridized carbons (Fsp3) is 0. The molecular formula is C4H8N4O8Si. The van der Waals surface area contributed by atoms with Crippen LogP contribution in [0.25, 0.3) is 0 Å². The molecule has 0 aliphatic carbocycles. The Hall–Kier alpha value is -2.70. The van der Waals surface area contributed by atoms with E-state index in [0.717, 1.165) is 0 Å². The summed E-state index contributed by atoms with van der Waals surface area (Å²) in [6.45, 7) is 0. The third-order valence-corrected chi connectivity index (χ3v) is 0. The molecule has 0 aromatic carbocycles. The number of carbonyl (C=O) groups is 4. The van der Waals surface area contributed by atoms with Crippen molar-refractivity contribution in [2.75, 3.05) is 0 Å². The van der Waals surface area contributed by atoms with Crippen LogP contribution in [0.3, 0.4) is 0 Å². The van der Waals surface area contributed by atoms with Gasteiger partial charge in [-0.3, -0.25) is 0 Å². The Morgan fingerprint density at radius 1 is 0.529 bits per heavy atom. The molecule has 96 valence electrons. The first-order chi connectivity index (χ1) is 6.93. The van der Waals surface area contributed by atoms with E-state index >= 15 is 0 Å². The van der Waals surface area contributed by atoms with Crippen molar-refractivity contribution in [3.8, 4) is 0 Å². The molecule has 0 unspecified atom stereocenters. The van der Waals surface area contributed by atoms with Crippen LogP contribution in [0.2, 0.25) is 0 Å². The first-order valence-corrected chi connectivity index (χ1v) is 2.79. The average molecular weight is 268 g/mol. The maximum absolute atomic E-state index is 8.67. The number of hydrogen-bond acceptors (Lipinski definition) is 8. The van der Waals surface area contributed by atoms with E-state index in [9.17, 15) is 0 Å². The van der Waals surface area contributed by atoms with E-state index in [1.165, 1.54) is 0 Å². The van der Waals surface area contributed by atoms with Crippen LogP contribution < -0.4 is 43.4 Å². The number of rotatable bonds is 0. The second-order valence-corrected chi connectivity index (χ2v) is 1.28. The summed E-state index contributed by atoms with van der Waals surface area (Å²) in [7, 11) is 0. The second kappa shape index (κ2) is 23.3. The molecule has 0 spiro atoms. The molecule has 8 N–H and O–H groups in total. The number of hydrogen-bond donors (Lipinski definition) is 4. The van der Waals surface area contributed by atoms with Crippen molar-refractivity contribution >= 4 is 35.3 Å². The summed E-state index contributed by atoms with van der Waals surface area (Å²) in [4.78, 5) is 34.7. The predicted octanol–water partition coefficient (Wildman–Crippen LogP) is -7.23. The normalized spacial score (nSPS) is 5.65. The van der Waals surface area contributed by atoms with E-state index in [2.05, 4.69) is 22.9 Å². The summed E-state index contributed by atoms with van der Waals surface area (Å²) in [6, 6.07) is 0. The Labute approximate surface area is 98.8 Å². The predicted molar refractivity (Wildman–Crippen MR) is 44.1 cm³/mol. The second-order valence-electron chi connectivity index (χ2n) is 1.28. The van der Waals surface area contributed by atoms with E-state index in [-0.39, 0.29) is 11.0 Å². The summed E-state index contributed by atoms with van der Waals surface area (Å²) in [5, 5.41) is 34.7. The molecule has 0 aromatic heterocycles. The van der Waals surface area contributed by atoms with Gasteiger partial charge in [0.2, 0.25) is 0 Å². The fourth-order valence-electron chi connectivity index (χ4n) is 0. The zero-order valence-electron chi connectivity index (χ0n) is 8.08. The van der Waals surface area contributed by atoms with E-state index in [1.54, 1.807) is 0 Å². The molecular weight excluding hydrogens is 260 g/mol. The van der Waals surface area contributed by atoms with Crippen molar-refractivity contribution in [1.29, 1.82) is 0 Å². The molecule has 13 heteroatoms. The van der Waals surface area contributed by atoms with Crippen LogP contribution in [0, 0.1) is 0 Å². The minimum atomic E-state index is -1.58. The van der Waals surface area contributed by atoms with Crippen LogP contribution in [0.5, 0.6) is 0 Å². The molecule has 0 saturated heterocycles. The molecule has 12 nitrogen and oxygen atoms in total. The van der Waals surface area contributed by atoms with Crippen LogP contribution in [-0.4, -0.2) is 35.3 Å². The first-order valence-electron chi connectivity index (χ1n) is 2.79. The molecule has 0 atom stereocenters. The molecule has 0 aliphatic rings. The molecule has 0 bridgehead atoms. The summed E-state index contributed by atoms with van der Waals surface area (Å²) in [5.41, 5.74) is 15.7. The maximum Gasteiger partial charge on any atom is 4.00 e. The minimum Gasteiger partial charge on any atom is -0.530 e. The van der Waals surface area contributed by atoms with Gasteiger partial charge in [-0.1, -0.05) is 0 Å². The molecule has 4 amide bonds. The summed E-state index contributed by atoms with van der Waals surface area (Å²) in [6.07, 6.45) is -6.33. The molecule has 0 rings (SSSR count). The van der Waals surface area contributed by atoms with Crippen LogP contribution in [-0.2, 0) is 0 Å². The van der Waals surface area contributed by atoms with Gasteiger partial charge >= 0.3 is 11.0 Å². The standard InChI is InChI=1S/4CH3NO2.Si/c4*2-1(3)4;/h4*2H2,(H,3,4);/q;;;;+4/p-4. The van der Waals surface area contributed by atoms with Gasteiger partial charge in [-0.05, 0) is 0 Å². The van der Waals surface area contributed by atoms with Crippen molar-refractivity contribution < 1.29 is 39.6 Å². The Balaban J connectivity index is -0.0000000369. The maximum atomic E-state index is 8.67. The van der Waals surface area contributed by atoms with E-state index in [0.29, 0.717) is 0 Å². The van der Waals surface area contributed by atoms with E-state index in [1.807, 2.05) is 0 Å². The number of carbonyl (C=O) groups excluding carboxylic acids is 4.